The number of hydrogen-bond donors (Lipinski definition) is 1. The van der Waals surface area contributed by atoms with Crippen LogP contribution in [-0.2, 0) is 0 Å². The molecule has 4 heteroatoms. The van der Waals surface area contributed by atoms with Crippen molar-refractivity contribution >= 4 is 5.95 Å². The number of aromatic nitrogens is 2. The van der Waals surface area contributed by atoms with Crippen LogP contribution < -0.4 is 4.90 Å². The van der Waals surface area contributed by atoms with Crippen molar-refractivity contribution in [1.82, 2.24) is 9.97 Å². The topological polar surface area (TPSA) is 49.2 Å². The van der Waals surface area contributed by atoms with Crippen molar-refractivity contribution in [3.05, 3.63) is 18.5 Å². The quantitative estimate of drug-likeness (QED) is 0.750. The monoisotopic (exact) mass is 193 g/mol. The Morgan fingerprint density at radius 3 is 2.79 bits per heavy atom. The van der Waals surface area contributed by atoms with Gasteiger partial charge in [0.25, 0.3) is 0 Å². The number of aliphatic hydroxyl groups excluding tert-OH is 1. The largest absolute Gasteiger partial charge is 0.396 e. The summed E-state index contributed by atoms with van der Waals surface area (Å²) in [6.45, 7) is 3.31. The van der Waals surface area contributed by atoms with E-state index in [4.69, 9.17) is 5.11 Å². The molecule has 1 N–H and O–H groups in total. The SMILES string of the molecule is CC1C(CO)CCN1c1ncccn1. The predicted octanol–water partition coefficient (Wildman–Crippen LogP) is 0.684. The smallest absolute Gasteiger partial charge is 0.225 e. The van der Waals surface area contributed by atoms with E-state index in [1.165, 1.54) is 0 Å². The molecule has 2 unspecified atom stereocenters. The second-order valence-corrected chi connectivity index (χ2v) is 3.71. The molecule has 1 aliphatic heterocycles. The maximum Gasteiger partial charge on any atom is 0.225 e. The first-order chi connectivity index (χ1) is 6.83. The Balaban J connectivity index is 2.14. The third kappa shape index (κ3) is 1.57. The van der Waals surface area contributed by atoms with Gasteiger partial charge in [0.05, 0.1) is 0 Å². The zero-order valence-corrected chi connectivity index (χ0v) is 8.30. The highest BCUT2D eigenvalue weighted by Crippen LogP contribution is 2.26. The van der Waals surface area contributed by atoms with Crippen molar-refractivity contribution in [3.63, 3.8) is 0 Å². The lowest BCUT2D eigenvalue weighted by Gasteiger charge is -2.23. The van der Waals surface area contributed by atoms with Crippen LogP contribution in [0, 0.1) is 5.92 Å². The van der Waals surface area contributed by atoms with Gasteiger partial charge < -0.3 is 10.0 Å². The van der Waals surface area contributed by atoms with Gasteiger partial charge >= 0.3 is 0 Å². The third-order valence-corrected chi connectivity index (χ3v) is 2.96. The van der Waals surface area contributed by atoms with Gasteiger partial charge in [-0.05, 0) is 19.4 Å². The van der Waals surface area contributed by atoms with Crippen molar-refractivity contribution in [2.75, 3.05) is 18.1 Å². The minimum absolute atomic E-state index is 0.254. The van der Waals surface area contributed by atoms with E-state index in [0.717, 1.165) is 18.9 Å². The first kappa shape index (κ1) is 9.40. The molecular weight excluding hydrogens is 178 g/mol. The third-order valence-electron chi connectivity index (χ3n) is 2.96. The van der Waals surface area contributed by atoms with E-state index in [-0.39, 0.29) is 6.61 Å². The Labute approximate surface area is 83.6 Å². The van der Waals surface area contributed by atoms with Crippen molar-refractivity contribution in [2.24, 2.45) is 5.92 Å². The first-order valence-electron chi connectivity index (χ1n) is 4.97. The Bertz CT molecular complexity index is 291. The molecule has 0 amide bonds. The molecule has 0 radical (unpaired) electrons. The van der Waals surface area contributed by atoms with Crippen LogP contribution in [-0.4, -0.2) is 34.3 Å². The number of aliphatic hydroxyl groups is 1. The number of rotatable bonds is 2. The lowest BCUT2D eigenvalue weighted by Crippen LogP contribution is -2.32. The van der Waals surface area contributed by atoms with Crippen molar-refractivity contribution in [3.8, 4) is 0 Å². The maximum absolute atomic E-state index is 9.13. The molecule has 0 aliphatic carbocycles. The van der Waals surface area contributed by atoms with Crippen LogP contribution in [0.1, 0.15) is 13.3 Å². The van der Waals surface area contributed by atoms with Crippen LogP contribution in [0.15, 0.2) is 18.5 Å². The van der Waals surface area contributed by atoms with E-state index < -0.39 is 0 Å². The number of anilines is 1. The minimum Gasteiger partial charge on any atom is -0.396 e. The molecule has 0 bridgehead atoms. The van der Waals surface area contributed by atoms with E-state index in [0.29, 0.717) is 12.0 Å². The summed E-state index contributed by atoms with van der Waals surface area (Å²) in [5, 5.41) is 9.13. The molecule has 2 atom stereocenters. The summed E-state index contributed by atoms with van der Waals surface area (Å²) < 4.78 is 0. The van der Waals surface area contributed by atoms with Gasteiger partial charge in [-0.3, -0.25) is 0 Å². The lowest BCUT2D eigenvalue weighted by atomic mass is 10.0. The van der Waals surface area contributed by atoms with Gasteiger partial charge in [-0.15, -0.1) is 0 Å². The standard InChI is InChI=1S/C10H15N3O/c1-8-9(7-14)3-6-13(8)10-11-4-2-5-12-10/h2,4-5,8-9,14H,3,6-7H2,1H3. The Kier molecular flexibility index (Phi) is 2.63. The fourth-order valence-corrected chi connectivity index (χ4v) is 1.97. The number of nitrogens with zero attached hydrogens (tertiary/aromatic N) is 3. The van der Waals surface area contributed by atoms with Crippen LogP contribution in [0.4, 0.5) is 5.95 Å². The van der Waals surface area contributed by atoms with Crippen LogP contribution >= 0.6 is 0 Å². The fraction of sp³-hybridized carbons (Fsp3) is 0.600. The molecule has 76 valence electrons. The molecule has 0 aromatic carbocycles. The normalized spacial score (nSPS) is 26.9. The van der Waals surface area contributed by atoms with Crippen LogP contribution in [0.2, 0.25) is 0 Å². The first-order valence-corrected chi connectivity index (χ1v) is 4.97. The average molecular weight is 193 g/mol. The van der Waals surface area contributed by atoms with Crippen LogP contribution in [0.5, 0.6) is 0 Å². The van der Waals surface area contributed by atoms with Gasteiger partial charge in [0.15, 0.2) is 0 Å². The molecular formula is C10H15N3O. The minimum atomic E-state index is 0.254. The van der Waals surface area contributed by atoms with E-state index in [9.17, 15) is 0 Å². The van der Waals surface area contributed by atoms with Gasteiger partial charge in [-0.1, -0.05) is 0 Å². The summed E-state index contributed by atoms with van der Waals surface area (Å²) >= 11 is 0. The molecule has 14 heavy (non-hydrogen) atoms. The van der Waals surface area contributed by atoms with E-state index in [1.54, 1.807) is 12.4 Å². The second kappa shape index (κ2) is 3.92. The summed E-state index contributed by atoms with van der Waals surface area (Å²) in [4.78, 5) is 10.6. The molecule has 0 spiro atoms. The van der Waals surface area contributed by atoms with Gasteiger partial charge in [-0.2, -0.15) is 0 Å². The molecule has 1 aromatic heterocycles. The van der Waals surface area contributed by atoms with Gasteiger partial charge in [0.1, 0.15) is 0 Å². The predicted molar refractivity (Wildman–Crippen MR) is 54.0 cm³/mol. The van der Waals surface area contributed by atoms with Crippen molar-refractivity contribution in [1.29, 1.82) is 0 Å². The van der Waals surface area contributed by atoms with Gasteiger partial charge in [0.2, 0.25) is 5.95 Å². The maximum atomic E-state index is 9.13. The summed E-state index contributed by atoms with van der Waals surface area (Å²) in [5.41, 5.74) is 0. The Hall–Kier alpha value is -1.16. The van der Waals surface area contributed by atoms with E-state index in [1.807, 2.05) is 6.07 Å². The molecule has 2 rings (SSSR count). The molecule has 1 aromatic rings. The van der Waals surface area contributed by atoms with Gasteiger partial charge in [0, 0.05) is 37.5 Å². The van der Waals surface area contributed by atoms with Crippen molar-refractivity contribution < 1.29 is 5.11 Å². The zero-order valence-electron chi connectivity index (χ0n) is 8.30. The molecule has 1 saturated heterocycles. The highest BCUT2D eigenvalue weighted by atomic mass is 16.3. The van der Waals surface area contributed by atoms with E-state index in [2.05, 4.69) is 21.8 Å². The Morgan fingerprint density at radius 2 is 2.21 bits per heavy atom. The highest BCUT2D eigenvalue weighted by molar-refractivity contribution is 5.32. The summed E-state index contributed by atoms with van der Waals surface area (Å²) in [6, 6.07) is 2.15. The molecule has 2 heterocycles. The average Bonchev–Trinajstić information content (AvgIpc) is 2.61. The lowest BCUT2D eigenvalue weighted by molar-refractivity contribution is 0.221. The summed E-state index contributed by atoms with van der Waals surface area (Å²) in [7, 11) is 0. The van der Waals surface area contributed by atoms with Crippen LogP contribution in [0.3, 0.4) is 0 Å². The molecule has 4 nitrogen and oxygen atoms in total. The van der Waals surface area contributed by atoms with Crippen LogP contribution in [0.25, 0.3) is 0 Å². The van der Waals surface area contributed by atoms with E-state index >= 15 is 0 Å². The van der Waals surface area contributed by atoms with Crippen molar-refractivity contribution in [2.45, 2.75) is 19.4 Å². The molecule has 1 aliphatic rings. The molecule has 0 saturated carbocycles. The summed E-state index contributed by atoms with van der Waals surface area (Å²) in [5.74, 6) is 1.13. The fourth-order valence-electron chi connectivity index (χ4n) is 1.97. The zero-order chi connectivity index (χ0) is 9.97. The van der Waals surface area contributed by atoms with Gasteiger partial charge in [-0.25, -0.2) is 9.97 Å². The second-order valence-electron chi connectivity index (χ2n) is 3.71. The Morgan fingerprint density at radius 1 is 1.50 bits per heavy atom. The molecule has 1 fully saturated rings. The highest BCUT2D eigenvalue weighted by Gasteiger charge is 2.31. The summed E-state index contributed by atoms with van der Waals surface area (Å²) in [6.07, 6.45) is 4.53. The number of hydrogen-bond acceptors (Lipinski definition) is 4.